The van der Waals surface area contributed by atoms with E-state index in [1.807, 2.05) is 13.8 Å². The molecule has 1 atom stereocenters. The molecule has 0 aliphatic rings. The number of hydrogen-bond donors (Lipinski definition) is 1. The number of halogens is 1. The maximum Gasteiger partial charge on any atom is 0.226 e. The van der Waals surface area contributed by atoms with Crippen molar-refractivity contribution in [2.45, 2.75) is 45.8 Å². The number of nitrogens with one attached hydrogen (secondary N) is 1. The van der Waals surface area contributed by atoms with E-state index in [9.17, 15) is 0 Å². The van der Waals surface area contributed by atoms with E-state index in [0.717, 1.165) is 12.8 Å². The maximum atomic E-state index is 5.74. The molecule has 17 heavy (non-hydrogen) atoms. The lowest BCUT2D eigenvalue weighted by atomic mass is 10.2. The van der Waals surface area contributed by atoms with Crippen molar-refractivity contribution < 1.29 is 4.74 Å². The minimum atomic E-state index is 0.113. The second kappa shape index (κ2) is 7.33. The minimum Gasteiger partial charge on any atom is -0.475 e. The van der Waals surface area contributed by atoms with Crippen LogP contribution in [0.1, 0.15) is 33.6 Å². The van der Waals surface area contributed by atoms with Crippen LogP contribution < -0.4 is 10.1 Å². The van der Waals surface area contributed by atoms with Gasteiger partial charge in [0.1, 0.15) is 0 Å². The molecule has 0 spiro atoms. The highest BCUT2D eigenvalue weighted by Crippen LogP contribution is 2.12. The van der Waals surface area contributed by atoms with E-state index in [4.69, 9.17) is 16.3 Å². The van der Waals surface area contributed by atoms with Crippen LogP contribution >= 0.6 is 11.6 Å². The fraction of sp³-hybridized carbons (Fsp3) is 0.667. The Kier molecular flexibility index (Phi) is 6.05. The first kappa shape index (κ1) is 14.0. The van der Waals surface area contributed by atoms with Crippen molar-refractivity contribution in [2.24, 2.45) is 0 Å². The average molecular weight is 258 g/mol. The van der Waals surface area contributed by atoms with Crippen molar-refractivity contribution in [3.05, 3.63) is 12.3 Å². The summed E-state index contributed by atoms with van der Waals surface area (Å²) in [5.41, 5.74) is 0. The molecule has 4 nitrogen and oxygen atoms in total. The maximum absolute atomic E-state index is 5.74. The zero-order valence-corrected chi connectivity index (χ0v) is 11.4. The molecule has 96 valence electrons. The summed E-state index contributed by atoms with van der Waals surface area (Å²) in [6.45, 7) is 6.05. The van der Waals surface area contributed by atoms with Gasteiger partial charge in [-0.25, -0.2) is 4.98 Å². The molecule has 1 aromatic heterocycles. The quantitative estimate of drug-likeness (QED) is 0.763. The van der Waals surface area contributed by atoms with Gasteiger partial charge in [-0.3, -0.25) is 0 Å². The predicted molar refractivity (Wildman–Crippen MR) is 70.8 cm³/mol. The Hall–Kier alpha value is -1.03. The number of rotatable bonds is 7. The fourth-order valence-corrected chi connectivity index (χ4v) is 1.67. The zero-order valence-electron chi connectivity index (χ0n) is 10.6. The third-order valence-electron chi connectivity index (χ3n) is 2.27. The molecule has 0 saturated carbocycles. The molecule has 1 rings (SSSR count). The van der Waals surface area contributed by atoms with Crippen molar-refractivity contribution in [1.82, 2.24) is 9.97 Å². The lowest BCUT2D eigenvalue weighted by molar-refractivity contribution is 0.232. The topological polar surface area (TPSA) is 47.0 Å². The van der Waals surface area contributed by atoms with Gasteiger partial charge in [-0.05, 0) is 26.7 Å². The van der Waals surface area contributed by atoms with Crippen LogP contribution in [0, 0.1) is 0 Å². The normalized spacial score (nSPS) is 12.5. The highest BCUT2D eigenvalue weighted by Gasteiger charge is 2.08. The molecule has 5 heteroatoms. The first-order chi connectivity index (χ1) is 8.15. The van der Waals surface area contributed by atoms with Gasteiger partial charge < -0.3 is 10.1 Å². The first-order valence-corrected chi connectivity index (χ1v) is 6.51. The lowest BCUT2D eigenvalue weighted by Crippen LogP contribution is -2.20. The highest BCUT2D eigenvalue weighted by atomic mass is 35.5. The number of anilines is 1. The SMILES string of the molecule is CCC(CCCl)Nc1nccc(OC(C)C)n1. The summed E-state index contributed by atoms with van der Waals surface area (Å²) in [5.74, 6) is 1.83. The summed E-state index contributed by atoms with van der Waals surface area (Å²) < 4.78 is 5.51. The van der Waals surface area contributed by atoms with E-state index >= 15 is 0 Å². The molecule has 0 bridgehead atoms. The van der Waals surface area contributed by atoms with E-state index in [-0.39, 0.29) is 6.10 Å². The lowest BCUT2D eigenvalue weighted by Gasteiger charge is -2.16. The van der Waals surface area contributed by atoms with Crippen LogP contribution in [-0.2, 0) is 0 Å². The minimum absolute atomic E-state index is 0.113. The van der Waals surface area contributed by atoms with Gasteiger partial charge in [-0.2, -0.15) is 4.98 Å². The summed E-state index contributed by atoms with van der Waals surface area (Å²) in [4.78, 5) is 8.47. The third-order valence-corrected chi connectivity index (χ3v) is 2.49. The Morgan fingerprint density at radius 3 is 2.82 bits per heavy atom. The molecule has 0 fully saturated rings. The van der Waals surface area contributed by atoms with Crippen molar-refractivity contribution in [2.75, 3.05) is 11.2 Å². The monoisotopic (exact) mass is 257 g/mol. The molecule has 0 aromatic carbocycles. The van der Waals surface area contributed by atoms with Crippen LogP contribution in [0.5, 0.6) is 5.88 Å². The molecule has 0 saturated heterocycles. The van der Waals surface area contributed by atoms with Crippen LogP contribution in [-0.4, -0.2) is 28.0 Å². The van der Waals surface area contributed by atoms with E-state index in [0.29, 0.717) is 23.8 Å². The Morgan fingerprint density at radius 2 is 2.24 bits per heavy atom. The average Bonchev–Trinajstić information content (AvgIpc) is 2.28. The van der Waals surface area contributed by atoms with Crippen LogP contribution in [0.2, 0.25) is 0 Å². The fourth-order valence-electron chi connectivity index (χ4n) is 1.41. The number of alkyl halides is 1. The summed E-state index contributed by atoms with van der Waals surface area (Å²) in [6.07, 6.45) is 3.70. The third kappa shape index (κ3) is 5.22. The van der Waals surface area contributed by atoms with Gasteiger partial charge in [0.25, 0.3) is 0 Å². The van der Waals surface area contributed by atoms with Crippen LogP contribution in [0.4, 0.5) is 5.95 Å². The number of nitrogens with zero attached hydrogens (tertiary/aromatic N) is 2. The van der Waals surface area contributed by atoms with Crippen molar-refractivity contribution in [3.8, 4) is 5.88 Å². The number of ether oxygens (including phenoxy) is 1. The standard InChI is InChI=1S/C12H20ClN3O/c1-4-10(5-7-13)15-12-14-8-6-11(16-12)17-9(2)3/h6,8-10H,4-5,7H2,1-3H3,(H,14,15,16). The van der Waals surface area contributed by atoms with Crippen molar-refractivity contribution in [3.63, 3.8) is 0 Å². The largest absolute Gasteiger partial charge is 0.475 e. The van der Waals surface area contributed by atoms with Gasteiger partial charge in [0.15, 0.2) is 0 Å². The van der Waals surface area contributed by atoms with Crippen LogP contribution in [0.15, 0.2) is 12.3 Å². The molecule has 0 aliphatic carbocycles. The van der Waals surface area contributed by atoms with E-state index < -0.39 is 0 Å². The van der Waals surface area contributed by atoms with E-state index in [1.165, 1.54) is 0 Å². The van der Waals surface area contributed by atoms with Gasteiger partial charge in [-0.1, -0.05) is 6.92 Å². The molecule has 1 unspecified atom stereocenters. The summed E-state index contributed by atoms with van der Waals surface area (Å²) in [6, 6.07) is 2.06. The van der Waals surface area contributed by atoms with Gasteiger partial charge in [0, 0.05) is 24.2 Å². The number of hydrogen-bond acceptors (Lipinski definition) is 4. The summed E-state index contributed by atoms with van der Waals surface area (Å²) >= 11 is 5.74. The van der Waals surface area contributed by atoms with Gasteiger partial charge in [0.05, 0.1) is 6.10 Å². The summed E-state index contributed by atoms with van der Waals surface area (Å²) in [7, 11) is 0. The zero-order chi connectivity index (χ0) is 12.7. The smallest absolute Gasteiger partial charge is 0.226 e. The molecular formula is C12H20ClN3O. The van der Waals surface area contributed by atoms with Gasteiger partial charge >= 0.3 is 0 Å². The van der Waals surface area contributed by atoms with Gasteiger partial charge in [0.2, 0.25) is 11.8 Å². The molecule has 0 amide bonds. The van der Waals surface area contributed by atoms with E-state index in [1.54, 1.807) is 12.3 Å². The van der Waals surface area contributed by atoms with Crippen LogP contribution in [0.3, 0.4) is 0 Å². The molecule has 1 aromatic rings. The summed E-state index contributed by atoms with van der Waals surface area (Å²) in [5, 5.41) is 3.26. The Labute approximate surface area is 108 Å². The van der Waals surface area contributed by atoms with E-state index in [2.05, 4.69) is 22.2 Å². The number of aromatic nitrogens is 2. The van der Waals surface area contributed by atoms with Gasteiger partial charge in [-0.15, -0.1) is 11.6 Å². The predicted octanol–water partition coefficient (Wildman–Crippen LogP) is 3.08. The Balaban J connectivity index is 2.63. The first-order valence-electron chi connectivity index (χ1n) is 5.98. The van der Waals surface area contributed by atoms with Crippen molar-refractivity contribution in [1.29, 1.82) is 0 Å². The second-order valence-electron chi connectivity index (χ2n) is 4.11. The van der Waals surface area contributed by atoms with Crippen molar-refractivity contribution >= 4 is 17.5 Å². The Morgan fingerprint density at radius 1 is 1.47 bits per heavy atom. The molecule has 0 radical (unpaired) electrons. The van der Waals surface area contributed by atoms with Crippen LogP contribution in [0.25, 0.3) is 0 Å². The Bertz CT molecular complexity index is 333. The molecule has 1 N–H and O–H groups in total. The highest BCUT2D eigenvalue weighted by molar-refractivity contribution is 6.17. The molecule has 1 heterocycles. The molecular weight excluding hydrogens is 238 g/mol. The molecule has 0 aliphatic heterocycles. The second-order valence-corrected chi connectivity index (χ2v) is 4.49.